The van der Waals surface area contributed by atoms with Crippen LogP contribution in [-0.4, -0.2) is 17.0 Å². The van der Waals surface area contributed by atoms with Crippen molar-refractivity contribution in [3.05, 3.63) is 89.7 Å². The van der Waals surface area contributed by atoms with Gasteiger partial charge in [0.1, 0.15) is 5.75 Å². The first-order valence-corrected chi connectivity index (χ1v) is 8.66. The van der Waals surface area contributed by atoms with Gasteiger partial charge >= 0.3 is 0 Å². The molecular weight excluding hydrogens is 324 g/mol. The summed E-state index contributed by atoms with van der Waals surface area (Å²) in [5, 5.41) is 2.92. The number of hydrogen-bond acceptors (Lipinski definition) is 3. The molecule has 0 saturated carbocycles. The Labute approximate surface area is 153 Å². The van der Waals surface area contributed by atoms with Crippen molar-refractivity contribution in [1.82, 2.24) is 4.98 Å². The van der Waals surface area contributed by atoms with E-state index in [1.165, 1.54) is 11.1 Å². The number of pyridine rings is 1. The summed E-state index contributed by atoms with van der Waals surface area (Å²) in [5.41, 5.74) is 3.77. The minimum atomic E-state index is -0.136. The summed E-state index contributed by atoms with van der Waals surface area (Å²) in [7, 11) is 0. The van der Waals surface area contributed by atoms with E-state index in [0.717, 1.165) is 17.9 Å². The number of nitrogens with one attached hydrogen (secondary N) is 1. The van der Waals surface area contributed by atoms with Crippen LogP contribution in [0.15, 0.2) is 73.1 Å². The van der Waals surface area contributed by atoms with Gasteiger partial charge < -0.3 is 10.1 Å². The zero-order chi connectivity index (χ0) is 18.4. The molecule has 3 rings (SSSR count). The van der Waals surface area contributed by atoms with E-state index in [4.69, 9.17) is 4.74 Å². The minimum Gasteiger partial charge on any atom is -0.491 e. The molecule has 0 aliphatic carbocycles. The second kappa shape index (κ2) is 8.30. The van der Waals surface area contributed by atoms with Crippen LogP contribution in [0.1, 0.15) is 35.3 Å². The Morgan fingerprint density at radius 3 is 2.15 bits per heavy atom. The van der Waals surface area contributed by atoms with E-state index >= 15 is 0 Å². The van der Waals surface area contributed by atoms with Crippen molar-refractivity contribution in [2.45, 2.75) is 26.4 Å². The van der Waals surface area contributed by atoms with Gasteiger partial charge in [0.05, 0.1) is 6.10 Å². The number of amides is 1. The summed E-state index contributed by atoms with van der Waals surface area (Å²) < 4.78 is 5.59. The molecule has 4 heteroatoms. The normalized spacial score (nSPS) is 10.6. The third-order valence-corrected chi connectivity index (χ3v) is 3.86. The number of hydrogen-bond donors (Lipinski definition) is 1. The number of ether oxygens (including phenoxy) is 1. The van der Waals surface area contributed by atoms with Crippen molar-refractivity contribution in [2.75, 3.05) is 5.32 Å². The fourth-order valence-electron chi connectivity index (χ4n) is 2.60. The van der Waals surface area contributed by atoms with Crippen LogP contribution in [0.2, 0.25) is 0 Å². The lowest BCUT2D eigenvalue weighted by Gasteiger charge is -2.10. The Bertz CT molecular complexity index is 842. The van der Waals surface area contributed by atoms with Gasteiger partial charge in [0.15, 0.2) is 0 Å². The maximum Gasteiger partial charge on any atom is 0.255 e. The molecule has 1 aromatic heterocycles. The first-order chi connectivity index (χ1) is 12.6. The average molecular weight is 346 g/mol. The molecule has 3 aromatic rings. The first kappa shape index (κ1) is 17.7. The molecule has 132 valence electrons. The molecule has 2 aromatic carbocycles. The fourth-order valence-corrected chi connectivity index (χ4v) is 2.60. The number of carbonyl (C=O) groups is 1. The van der Waals surface area contributed by atoms with E-state index in [2.05, 4.69) is 10.3 Å². The molecular formula is C22H22N2O2. The summed E-state index contributed by atoms with van der Waals surface area (Å²) in [6.45, 7) is 3.94. The summed E-state index contributed by atoms with van der Waals surface area (Å²) >= 11 is 0. The zero-order valence-electron chi connectivity index (χ0n) is 15.0. The Balaban J connectivity index is 1.60. The third kappa shape index (κ3) is 4.93. The third-order valence-electron chi connectivity index (χ3n) is 3.86. The number of anilines is 1. The van der Waals surface area contributed by atoms with Crippen molar-refractivity contribution in [3.63, 3.8) is 0 Å². The quantitative estimate of drug-likeness (QED) is 0.703. The topological polar surface area (TPSA) is 51.2 Å². The predicted octanol–water partition coefficient (Wildman–Crippen LogP) is 4.71. The van der Waals surface area contributed by atoms with Crippen LogP contribution in [0, 0.1) is 0 Å². The number of rotatable bonds is 6. The summed E-state index contributed by atoms with van der Waals surface area (Å²) in [6.07, 6.45) is 4.54. The highest BCUT2D eigenvalue weighted by Gasteiger charge is 2.07. The van der Waals surface area contributed by atoms with Gasteiger partial charge in [-0.25, -0.2) is 0 Å². The van der Waals surface area contributed by atoms with Crippen LogP contribution < -0.4 is 10.1 Å². The second-order valence-corrected chi connectivity index (χ2v) is 6.37. The standard InChI is InChI=1S/C22H22N2O2/c1-16(2)26-21-9-5-19(6-10-21)22(25)24-20-7-3-17(4-8-20)15-18-11-13-23-14-12-18/h3-14,16H,15H2,1-2H3,(H,24,25). The summed E-state index contributed by atoms with van der Waals surface area (Å²) in [4.78, 5) is 16.4. The molecule has 0 aliphatic rings. The van der Waals surface area contributed by atoms with Crippen LogP contribution >= 0.6 is 0 Å². The number of aromatic nitrogens is 1. The van der Waals surface area contributed by atoms with Crippen molar-refractivity contribution >= 4 is 11.6 Å². The molecule has 0 spiro atoms. The molecule has 0 radical (unpaired) electrons. The van der Waals surface area contributed by atoms with Crippen molar-refractivity contribution < 1.29 is 9.53 Å². The molecule has 26 heavy (non-hydrogen) atoms. The van der Waals surface area contributed by atoms with E-state index in [1.807, 2.05) is 62.4 Å². The molecule has 0 atom stereocenters. The highest BCUT2D eigenvalue weighted by atomic mass is 16.5. The molecule has 4 nitrogen and oxygen atoms in total. The second-order valence-electron chi connectivity index (χ2n) is 6.37. The molecule has 1 amide bonds. The Hall–Kier alpha value is -3.14. The van der Waals surface area contributed by atoms with Gasteiger partial charge in [0, 0.05) is 23.6 Å². The average Bonchev–Trinajstić information content (AvgIpc) is 2.64. The van der Waals surface area contributed by atoms with Crippen LogP contribution in [0.5, 0.6) is 5.75 Å². The van der Waals surface area contributed by atoms with E-state index in [1.54, 1.807) is 24.5 Å². The molecule has 1 heterocycles. The van der Waals surface area contributed by atoms with Gasteiger partial charge in [-0.2, -0.15) is 0 Å². The molecule has 0 aliphatic heterocycles. The Kier molecular flexibility index (Phi) is 5.64. The van der Waals surface area contributed by atoms with Gasteiger partial charge in [-0.15, -0.1) is 0 Å². The Morgan fingerprint density at radius 1 is 0.923 bits per heavy atom. The minimum absolute atomic E-state index is 0.111. The van der Waals surface area contributed by atoms with E-state index in [-0.39, 0.29) is 12.0 Å². The largest absolute Gasteiger partial charge is 0.491 e. The lowest BCUT2D eigenvalue weighted by atomic mass is 10.1. The number of benzene rings is 2. The smallest absolute Gasteiger partial charge is 0.255 e. The van der Waals surface area contributed by atoms with Crippen LogP contribution in [0.3, 0.4) is 0 Å². The monoisotopic (exact) mass is 346 g/mol. The van der Waals surface area contributed by atoms with E-state index < -0.39 is 0 Å². The lowest BCUT2D eigenvalue weighted by molar-refractivity contribution is 0.102. The first-order valence-electron chi connectivity index (χ1n) is 8.66. The molecule has 0 saturated heterocycles. The van der Waals surface area contributed by atoms with E-state index in [0.29, 0.717) is 5.56 Å². The van der Waals surface area contributed by atoms with E-state index in [9.17, 15) is 4.79 Å². The van der Waals surface area contributed by atoms with Crippen molar-refractivity contribution in [3.8, 4) is 5.75 Å². The lowest BCUT2D eigenvalue weighted by Crippen LogP contribution is -2.12. The van der Waals surface area contributed by atoms with Crippen molar-refractivity contribution in [1.29, 1.82) is 0 Å². The molecule has 0 bridgehead atoms. The molecule has 1 N–H and O–H groups in total. The number of nitrogens with zero attached hydrogens (tertiary/aromatic N) is 1. The van der Waals surface area contributed by atoms with Gasteiger partial charge in [-0.3, -0.25) is 9.78 Å². The molecule has 0 fully saturated rings. The van der Waals surface area contributed by atoms with Crippen LogP contribution in [0.4, 0.5) is 5.69 Å². The summed E-state index contributed by atoms with van der Waals surface area (Å²) in [5.74, 6) is 0.625. The van der Waals surface area contributed by atoms with Gasteiger partial charge in [0.2, 0.25) is 0 Å². The van der Waals surface area contributed by atoms with Gasteiger partial charge in [-0.05, 0) is 79.9 Å². The predicted molar refractivity (Wildman–Crippen MR) is 104 cm³/mol. The Morgan fingerprint density at radius 2 is 1.54 bits per heavy atom. The van der Waals surface area contributed by atoms with Gasteiger partial charge in [0.25, 0.3) is 5.91 Å². The van der Waals surface area contributed by atoms with Crippen LogP contribution in [-0.2, 0) is 6.42 Å². The SMILES string of the molecule is CC(C)Oc1ccc(C(=O)Nc2ccc(Cc3ccncc3)cc2)cc1. The fraction of sp³-hybridized carbons (Fsp3) is 0.182. The highest BCUT2D eigenvalue weighted by molar-refractivity contribution is 6.04. The maximum atomic E-state index is 12.4. The zero-order valence-corrected chi connectivity index (χ0v) is 15.0. The number of carbonyl (C=O) groups excluding carboxylic acids is 1. The van der Waals surface area contributed by atoms with Crippen molar-refractivity contribution in [2.24, 2.45) is 0 Å². The molecule has 0 unspecified atom stereocenters. The summed E-state index contributed by atoms with van der Waals surface area (Å²) in [6, 6.07) is 19.1. The maximum absolute atomic E-state index is 12.4. The highest BCUT2D eigenvalue weighted by Crippen LogP contribution is 2.17. The van der Waals surface area contributed by atoms with Crippen LogP contribution in [0.25, 0.3) is 0 Å². The van der Waals surface area contributed by atoms with Gasteiger partial charge in [-0.1, -0.05) is 12.1 Å².